The average molecular weight is 234 g/mol. The van der Waals surface area contributed by atoms with E-state index in [9.17, 15) is 0 Å². The van der Waals surface area contributed by atoms with Crippen molar-refractivity contribution in [2.45, 2.75) is 32.6 Å². The van der Waals surface area contributed by atoms with Gasteiger partial charge in [-0.1, -0.05) is 31.9 Å². The van der Waals surface area contributed by atoms with Crippen LogP contribution in [-0.2, 0) is 6.42 Å². The van der Waals surface area contributed by atoms with E-state index in [2.05, 4.69) is 19.6 Å². The first-order valence-corrected chi connectivity index (χ1v) is 6.22. The van der Waals surface area contributed by atoms with Gasteiger partial charge in [0.15, 0.2) is 11.5 Å². The summed E-state index contributed by atoms with van der Waals surface area (Å²) < 4.78 is 11.0. The molecule has 0 heterocycles. The molecule has 0 saturated carbocycles. The van der Waals surface area contributed by atoms with Gasteiger partial charge in [0.25, 0.3) is 0 Å². The zero-order valence-electron chi connectivity index (χ0n) is 10.9. The maximum Gasteiger partial charge on any atom is 0.161 e. The second kappa shape index (κ2) is 7.77. The molecule has 94 valence electrons. The van der Waals surface area contributed by atoms with Gasteiger partial charge >= 0.3 is 0 Å². The van der Waals surface area contributed by atoms with E-state index >= 15 is 0 Å². The lowest BCUT2D eigenvalue weighted by atomic mass is 10.1. The lowest BCUT2D eigenvalue weighted by Crippen LogP contribution is -1.99. The van der Waals surface area contributed by atoms with E-state index in [1.54, 1.807) is 7.11 Å². The highest BCUT2D eigenvalue weighted by Gasteiger charge is 2.04. The molecule has 0 aromatic heterocycles. The summed E-state index contributed by atoms with van der Waals surface area (Å²) in [5, 5.41) is 0. The molecule has 0 fully saturated rings. The van der Waals surface area contributed by atoms with E-state index in [4.69, 9.17) is 9.47 Å². The van der Waals surface area contributed by atoms with Gasteiger partial charge in [-0.2, -0.15) is 0 Å². The first-order valence-electron chi connectivity index (χ1n) is 6.22. The normalized spacial score (nSPS) is 10.0. The number of rotatable bonds is 8. The molecular formula is C15H22O2. The second-order valence-electron chi connectivity index (χ2n) is 4.03. The first-order chi connectivity index (χ1) is 8.31. The van der Waals surface area contributed by atoms with Crippen molar-refractivity contribution >= 4 is 0 Å². The highest BCUT2D eigenvalue weighted by Crippen LogP contribution is 2.28. The van der Waals surface area contributed by atoms with Gasteiger partial charge in [-0.05, 0) is 30.5 Å². The van der Waals surface area contributed by atoms with Crippen LogP contribution in [0.25, 0.3) is 0 Å². The number of ether oxygens (including phenoxy) is 2. The smallest absolute Gasteiger partial charge is 0.161 e. The Morgan fingerprint density at radius 2 is 2.06 bits per heavy atom. The summed E-state index contributed by atoms with van der Waals surface area (Å²) >= 11 is 0. The van der Waals surface area contributed by atoms with Crippen molar-refractivity contribution in [1.82, 2.24) is 0 Å². The molecule has 0 amide bonds. The number of benzene rings is 1. The zero-order chi connectivity index (χ0) is 12.5. The van der Waals surface area contributed by atoms with Crippen LogP contribution in [0.15, 0.2) is 30.9 Å². The standard InChI is InChI=1S/C15H22O2/c1-4-6-7-11-17-14-10-9-13(8-5-2)12-15(14)16-3/h5,9-10,12H,2,4,6-8,11H2,1,3H3. The molecule has 0 aliphatic carbocycles. The molecule has 0 unspecified atom stereocenters. The minimum atomic E-state index is 0.755. The average Bonchev–Trinajstić information content (AvgIpc) is 2.36. The fraction of sp³-hybridized carbons (Fsp3) is 0.467. The summed E-state index contributed by atoms with van der Waals surface area (Å²) in [7, 11) is 1.67. The van der Waals surface area contributed by atoms with Crippen LogP contribution in [0.4, 0.5) is 0 Å². The van der Waals surface area contributed by atoms with Gasteiger partial charge in [0.2, 0.25) is 0 Å². The molecule has 0 aliphatic rings. The monoisotopic (exact) mass is 234 g/mol. The number of unbranched alkanes of at least 4 members (excludes halogenated alkanes) is 2. The molecule has 0 saturated heterocycles. The lowest BCUT2D eigenvalue weighted by molar-refractivity contribution is 0.286. The van der Waals surface area contributed by atoms with E-state index < -0.39 is 0 Å². The summed E-state index contributed by atoms with van der Waals surface area (Å²) in [6.07, 6.45) is 6.24. The van der Waals surface area contributed by atoms with Crippen molar-refractivity contribution < 1.29 is 9.47 Å². The molecule has 1 aromatic carbocycles. The van der Waals surface area contributed by atoms with Crippen LogP contribution in [0.1, 0.15) is 31.7 Å². The molecule has 0 radical (unpaired) electrons. The van der Waals surface area contributed by atoms with Crippen molar-refractivity contribution in [3.05, 3.63) is 36.4 Å². The van der Waals surface area contributed by atoms with E-state index in [-0.39, 0.29) is 0 Å². The van der Waals surface area contributed by atoms with Crippen molar-refractivity contribution in [2.75, 3.05) is 13.7 Å². The molecule has 17 heavy (non-hydrogen) atoms. The van der Waals surface area contributed by atoms with Crippen molar-refractivity contribution in [1.29, 1.82) is 0 Å². The number of methoxy groups -OCH3 is 1. The molecule has 0 N–H and O–H groups in total. The summed E-state index contributed by atoms with van der Waals surface area (Å²) in [6.45, 7) is 6.67. The van der Waals surface area contributed by atoms with Gasteiger partial charge in [0.05, 0.1) is 13.7 Å². The third kappa shape index (κ3) is 4.51. The Morgan fingerprint density at radius 1 is 1.24 bits per heavy atom. The Morgan fingerprint density at radius 3 is 2.71 bits per heavy atom. The highest BCUT2D eigenvalue weighted by molar-refractivity contribution is 5.43. The van der Waals surface area contributed by atoms with Crippen molar-refractivity contribution in [3.63, 3.8) is 0 Å². The van der Waals surface area contributed by atoms with Crippen LogP contribution >= 0.6 is 0 Å². The minimum Gasteiger partial charge on any atom is -0.493 e. The van der Waals surface area contributed by atoms with Gasteiger partial charge in [-0.25, -0.2) is 0 Å². The molecule has 2 nitrogen and oxygen atoms in total. The third-order valence-electron chi connectivity index (χ3n) is 2.61. The SMILES string of the molecule is C=CCc1ccc(OCCCCC)c(OC)c1. The largest absolute Gasteiger partial charge is 0.493 e. The molecule has 0 atom stereocenters. The van der Waals surface area contributed by atoms with Gasteiger partial charge in [-0.3, -0.25) is 0 Å². The van der Waals surface area contributed by atoms with Crippen LogP contribution in [0.3, 0.4) is 0 Å². The van der Waals surface area contributed by atoms with Gasteiger partial charge in [-0.15, -0.1) is 6.58 Å². The van der Waals surface area contributed by atoms with Crippen molar-refractivity contribution in [2.24, 2.45) is 0 Å². The molecule has 1 rings (SSSR count). The van der Waals surface area contributed by atoms with E-state index in [0.29, 0.717) is 0 Å². The number of hydrogen-bond donors (Lipinski definition) is 0. The van der Waals surface area contributed by atoms with Crippen LogP contribution in [0, 0.1) is 0 Å². The Kier molecular flexibility index (Phi) is 6.23. The van der Waals surface area contributed by atoms with Gasteiger partial charge in [0, 0.05) is 0 Å². The molecule has 0 aliphatic heterocycles. The number of allylic oxidation sites excluding steroid dienone is 1. The molecule has 1 aromatic rings. The zero-order valence-corrected chi connectivity index (χ0v) is 10.9. The molecule has 0 bridgehead atoms. The third-order valence-corrected chi connectivity index (χ3v) is 2.61. The number of hydrogen-bond acceptors (Lipinski definition) is 2. The Bertz CT molecular complexity index is 345. The maximum atomic E-state index is 5.71. The molecule has 2 heteroatoms. The lowest BCUT2D eigenvalue weighted by Gasteiger charge is -2.11. The molecular weight excluding hydrogens is 212 g/mol. The van der Waals surface area contributed by atoms with Gasteiger partial charge in [0.1, 0.15) is 0 Å². The summed E-state index contributed by atoms with van der Waals surface area (Å²) in [6, 6.07) is 6.04. The quantitative estimate of drug-likeness (QED) is 0.500. The summed E-state index contributed by atoms with van der Waals surface area (Å²) in [4.78, 5) is 0. The van der Waals surface area contributed by atoms with Gasteiger partial charge < -0.3 is 9.47 Å². The minimum absolute atomic E-state index is 0.755. The fourth-order valence-electron chi connectivity index (χ4n) is 1.66. The second-order valence-corrected chi connectivity index (χ2v) is 4.03. The molecule has 0 spiro atoms. The van der Waals surface area contributed by atoms with Crippen LogP contribution < -0.4 is 9.47 Å². The Balaban J connectivity index is 2.61. The van der Waals surface area contributed by atoms with E-state index in [1.165, 1.54) is 18.4 Å². The van der Waals surface area contributed by atoms with Crippen molar-refractivity contribution in [3.8, 4) is 11.5 Å². The summed E-state index contributed by atoms with van der Waals surface area (Å²) in [5.74, 6) is 1.64. The van der Waals surface area contributed by atoms with E-state index in [1.807, 2.05) is 18.2 Å². The topological polar surface area (TPSA) is 18.5 Å². The van der Waals surface area contributed by atoms with Crippen LogP contribution in [-0.4, -0.2) is 13.7 Å². The van der Waals surface area contributed by atoms with E-state index in [0.717, 1.165) is 30.9 Å². The highest BCUT2D eigenvalue weighted by atomic mass is 16.5. The Labute approximate surface area is 104 Å². The Hall–Kier alpha value is -1.44. The summed E-state index contributed by atoms with van der Waals surface area (Å²) in [5.41, 5.74) is 1.19. The fourth-order valence-corrected chi connectivity index (χ4v) is 1.66. The van der Waals surface area contributed by atoms with Crippen LogP contribution in [0.2, 0.25) is 0 Å². The van der Waals surface area contributed by atoms with Crippen LogP contribution in [0.5, 0.6) is 11.5 Å². The maximum absolute atomic E-state index is 5.71. The predicted molar refractivity (Wildman–Crippen MR) is 71.9 cm³/mol. The first kappa shape index (κ1) is 13.6. The predicted octanol–water partition coefficient (Wildman–Crippen LogP) is 3.99.